The molecule has 0 amide bonds. The number of aromatic nitrogens is 2. The maximum Gasteiger partial charge on any atom is 0.124 e. The Morgan fingerprint density at radius 2 is 2.45 bits per heavy atom. The van der Waals surface area contributed by atoms with Gasteiger partial charge in [0.15, 0.2) is 0 Å². The summed E-state index contributed by atoms with van der Waals surface area (Å²) < 4.78 is 4.62. The second kappa shape index (κ2) is 2.62. The Morgan fingerprint density at radius 3 is 3.00 bits per heavy atom. The second-order valence-corrected chi connectivity index (χ2v) is 2.88. The van der Waals surface area contributed by atoms with Crippen molar-refractivity contribution in [2.24, 2.45) is 0 Å². The number of hydrogen-bond acceptors (Lipinski definition) is 4. The predicted octanol–water partition coefficient (Wildman–Crippen LogP) is 0.803. The summed E-state index contributed by atoms with van der Waals surface area (Å²) in [6, 6.07) is 0.376. The molecule has 1 N–H and O–H groups in total. The van der Waals surface area contributed by atoms with Crippen molar-refractivity contribution in [1.29, 1.82) is 0 Å². The summed E-state index contributed by atoms with van der Waals surface area (Å²) in [4.78, 5) is 0. The monoisotopic (exact) mass is 153 g/mol. The van der Waals surface area contributed by atoms with E-state index in [4.69, 9.17) is 0 Å². The van der Waals surface area contributed by atoms with Crippen LogP contribution in [0.1, 0.15) is 30.3 Å². The van der Waals surface area contributed by atoms with Gasteiger partial charge in [0.1, 0.15) is 11.4 Å². The third-order valence-corrected chi connectivity index (χ3v) is 2.08. The summed E-state index contributed by atoms with van der Waals surface area (Å²) in [6.45, 7) is 3.00. The van der Waals surface area contributed by atoms with E-state index in [1.807, 2.05) is 6.92 Å². The highest BCUT2D eigenvalue weighted by Crippen LogP contribution is 2.22. The van der Waals surface area contributed by atoms with E-state index in [2.05, 4.69) is 20.3 Å². The van der Waals surface area contributed by atoms with Gasteiger partial charge in [0.2, 0.25) is 0 Å². The number of aryl methyl sites for hydroxylation is 1. The van der Waals surface area contributed by atoms with Crippen molar-refractivity contribution >= 4 is 0 Å². The molecule has 0 aromatic carbocycles. The van der Waals surface area contributed by atoms with Gasteiger partial charge in [-0.3, -0.25) is 0 Å². The quantitative estimate of drug-likeness (QED) is 0.648. The summed E-state index contributed by atoms with van der Waals surface area (Å²) in [5, 5.41) is 10.9. The summed E-state index contributed by atoms with van der Waals surface area (Å²) in [5.74, 6) is 0. The van der Waals surface area contributed by atoms with Crippen LogP contribution < -0.4 is 5.32 Å². The Balaban J connectivity index is 2.21. The van der Waals surface area contributed by atoms with E-state index in [9.17, 15) is 0 Å². The van der Waals surface area contributed by atoms with Gasteiger partial charge in [0.25, 0.3) is 0 Å². The molecule has 1 fully saturated rings. The van der Waals surface area contributed by atoms with Gasteiger partial charge in [0, 0.05) is 0 Å². The zero-order valence-corrected chi connectivity index (χ0v) is 6.50. The largest absolute Gasteiger partial charge is 0.308 e. The van der Waals surface area contributed by atoms with Crippen molar-refractivity contribution in [2.75, 3.05) is 6.54 Å². The smallest absolute Gasteiger partial charge is 0.124 e. The van der Waals surface area contributed by atoms with E-state index >= 15 is 0 Å². The summed E-state index contributed by atoms with van der Waals surface area (Å²) in [7, 11) is 0. The molecule has 60 valence electrons. The van der Waals surface area contributed by atoms with Crippen LogP contribution >= 0.6 is 0 Å². The molecule has 0 saturated carbocycles. The average molecular weight is 153 g/mol. The van der Waals surface area contributed by atoms with Crippen LogP contribution in [0.3, 0.4) is 0 Å². The molecule has 4 heteroatoms. The zero-order valence-electron chi connectivity index (χ0n) is 6.50. The van der Waals surface area contributed by atoms with Crippen LogP contribution in [0, 0.1) is 6.92 Å². The van der Waals surface area contributed by atoms with E-state index in [1.54, 1.807) is 0 Å². The minimum Gasteiger partial charge on any atom is -0.308 e. The maximum absolute atomic E-state index is 4.62. The van der Waals surface area contributed by atoms with Gasteiger partial charge in [0.05, 0.1) is 6.04 Å². The first-order valence-electron chi connectivity index (χ1n) is 3.90. The fourth-order valence-electron chi connectivity index (χ4n) is 1.47. The molecule has 11 heavy (non-hydrogen) atoms. The van der Waals surface area contributed by atoms with Crippen molar-refractivity contribution in [3.05, 3.63) is 11.4 Å². The lowest BCUT2D eigenvalue weighted by atomic mass is 10.1. The van der Waals surface area contributed by atoms with Crippen LogP contribution in [-0.4, -0.2) is 16.9 Å². The summed E-state index contributed by atoms with van der Waals surface area (Å²) in [6.07, 6.45) is 2.37. The molecule has 1 saturated heterocycles. The molecule has 1 aromatic rings. The third-order valence-electron chi connectivity index (χ3n) is 2.08. The van der Waals surface area contributed by atoms with Crippen LogP contribution in [0.4, 0.5) is 0 Å². The highest BCUT2D eigenvalue weighted by molar-refractivity contribution is 5.11. The molecule has 1 aliphatic heterocycles. The molecule has 4 nitrogen and oxygen atoms in total. The molecule has 0 bridgehead atoms. The molecule has 1 atom stereocenters. The maximum atomic E-state index is 4.62. The molecule has 1 aliphatic rings. The highest BCUT2D eigenvalue weighted by Gasteiger charge is 2.21. The third kappa shape index (κ3) is 1.14. The van der Waals surface area contributed by atoms with Crippen LogP contribution in [-0.2, 0) is 0 Å². The standard InChI is InChI=1S/C7H11N3O/c1-5-7(10-11-9-5)6-3-2-4-8-6/h6,8H,2-4H2,1H3/t6-/m0/s1. The molecule has 0 radical (unpaired) electrons. The highest BCUT2D eigenvalue weighted by atomic mass is 16.6. The fraction of sp³-hybridized carbons (Fsp3) is 0.714. The van der Waals surface area contributed by atoms with Crippen molar-refractivity contribution in [3.63, 3.8) is 0 Å². The Bertz CT molecular complexity index is 240. The minimum absolute atomic E-state index is 0.376. The summed E-state index contributed by atoms with van der Waals surface area (Å²) >= 11 is 0. The van der Waals surface area contributed by atoms with Crippen LogP contribution in [0.15, 0.2) is 4.63 Å². The Hall–Kier alpha value is -0.900. The number of nitrogens with zero attached hydrogens (tertiary/aromatic N) is 2. The zero-order chi connectivity index (χ0) is 7.68. The Kier molecular flexibility index (Phi) is 1.62. The van der Waals surface area contributed by atoms with Crippen LogP contribution in [0.2, 0.25) is 0 Å². The van der Waals surface area contributed by atoms with Gasteiger partial charge in [-0.25, -0.2) is 4.63 Å². The molecule has 0 unspecified atom stereocenters. The second-order valence-electron chi connectivity index (χ2n) is 2.88. The number of nitrogens with one attached hydrogen (secondary N) is 1. The lowest BCUT2D eigenvalue weighted by Gasteiger charge is -2.03. The molecular formula is C7H11N3O. The molecule has 1 aromatic heterocycles. The van der Waals surface area contributed by atoms with Gasteiger partial charge in [-0.15, -0.1) is 0 Å². The number of rotatable bonds is 1. The SMILES string of the molecule is Cc1nonc1[C@@H]1CCCN1. The summed E-state index contributed by atoms with van der Waals surface area (Å²) in [5.41, 5.74) is 1.88. The molecular weight excluding hydrogens is 142 g/mol. The van der Waals surface area contributed by atoms with E-state index in [1.165, 1.54) is 6.42 Å². The van der Waals surface area contributed by atoms with Crippen molar-refractivity contribution in [2.45, 2.75) is 25.8 Å². The van der Waals surface area contributed by atoms with Gasteiger partial charge in [-0.05, 0) is 26.3 Å². The van der Waals surface area contributed by atoms with Crippen molar-refractivity contribution in [1.82, 2.24) is 15.6 Å². The molecule has 2 heterocycles. The fourth-order valence-corrected chi connectivity index (χ4v) is 1.47. The van der Waals surface area contributed by atoms with Gasteiger partial charge in [-0.1, -0.05) is 10.3 Å². The predicted molar refractivity (Wildman–Crippen MR) is 39.0 cm³/mol. The molecule has 0 spiro atoms. The van der Waals surface area contributed by atoms with E-state index < -0.39 is 0 Å². The van der Waals surface area contributed by atoms with Gasteiger partial charge >= 0.3 is 0 Å². The normalized spacial score (nSPS) is 24.3. The minimum atomic E-state index is 0.376. The Morgan fingerprint density at radius 1 is 1.55 bits per heavy atom. The Labute approximate surface area is 64.9 Å². The lowest BCUT2D eigenvalue weighted by Crippen LogP contribution is -2.14. The van der Waals surface area contributed by atoms with Crippen LogP contribution in [0.5, 0.6) is 0 Å². The van der Waals surface area contributed by atoms with E-state index in [0.717, 1.165) is 24.4 Å². The first-order chi connectivity index (χ1) is 5.38. The first kappa shape index (κ1) is 6.79. The van der Waals surface area contributed by atoms with Crippen molar-refractivity contribution < 1.29 is 4.63 Å². The van der Waals surface area contributed by atoms with Crippen molar-refractivity contribution in [3.8, 4) is 0 Å². The molecule has 0 aliphatic carbocycles. The van der Waals surface area contributed by atoms with Gasteiger partial charge in [-0.2, -0.15) is 0 Å². The van der Waals surface area contributed by atoms with E-state index in [-0.39, 0.29) is 0 Å². The number of hydrogen-bond donors (Lipinski definition) is 1. The topological polar surface area (TPSA) is 51.0 Å². The van der Waals surface area contributed by atoms with Gasteiger partial charge < -0.3 is 5.32 Å². The van der Waals surface area contributed by atoms with E-state index in [0.29, 0.717) is 6.04 Å². The van der Waals surface area contributed by atoms with Crippen LogP contribution in [0.25, 0.3) is 0 Å². The first-order valence-corrected chi connectivity index (χ1v) is 3.90. The molecule has 2 rings (SSSR count). The average Bonchev–Trinajstić information content (AvgIpc) is 2.55. The lowest BCUT2D eigenvalue weighted by molar-refractivity contribution is 0.298.